The van der Waals surface area contributed by atoms with Crippen molar-refractivity contribution in [3.05, 3.63) is 29.8 Å². The van der Waals surface area contributed by atoms with Gasteiger partial charge in [-0.15, -0.1) is 0 Å². The van der Waals surface area contributed by atoms with Crippen LogP contribution in [0, 0.1) is 5.92 Å². The summed E-state index contributed by atoms with van der Waals surface area (Å²) in [5.41, 5.74) is 4.26. The predicted octanol–water partition coefficient (Wildman–Crippen LogP) is 2.43. The van der Waals surface area contributed by atoms with Crippen molar-refractivity contribution in [3.8, 4) is 5.75 Å². The van der Waals surface area contributed by atoms with Crippen LogP contribution in [0.15, 0.2) is 24.3 Å². The summed E-state index contributed by atoms with van der Waals surface area (Å²) >= 11 is 0. The number of rotatable bonds is 5. The first-order valence-corrected chi connectivity index (χ1v) is 6.44. The number of ether oxygens (including phenoxy) is 1. The number of nitrogens with two attached hydrogens (primary N) is 1. The molecule has 3 unspecified atom stereocenters. The van der Waals surface area contributed by atoms with Gasteiger partial charge in [0, 0.05) is 17.5 Å². The third-order valence-electron chi connectivity index (χ3n) is 3.79. The molecular formula is C14H22N2O. The SMILES string of the molecule is CCC(C)CC(NN)C1COc2ccccc21. The Balaban J connectivity index is 2.12. The molecule has 0 spiro atoms. The molecule has 17 heavy (non-hydrogen) atoms. The lowest BCUT2D eigenvalue weighted by Gasteiger charge is -2.24. The average molecular weight is 234 g/mol. The van der Waals surface area contributed by atoms with Crippen LogP contribution in [-0.4, -0.2) is 12.6 Å². The fourth-order valence-corrected chi connectivity index (χ4v) is 2.47. The minimum absolute atomic E-state index is 0.300. The highest BCUT2D eigenvalue weighted by Gasteiger charge is 2.31. The number of fused-ring (bicyclic) bond motifs is 1. The molecular weight excluding hydrogens is 212 g/mol. The van der Waals surface area contributed by atoms with Gasteiger partial charge < -0.3 is 4.74 Å². The van der Waals surface area contributed by atoms with Gasteiger partial charge in [-0.25, -0.2) is 0 Å². The molecule has 3 N–H and O–H groups in total. The summed E-state index contributed by atoms with van der Waals surface area (Å²) in [6, 6.07) is 8.56. The Labute approximate surface area is 103 Å². The molecule has 0 aromatic heterocycles. The Hall–Kier alpha value is -1.06. The fourth-order valence-electron chi connectivity index (χ4n) is 2.47. The Morgan fingerprint density at radius 1 is 1.47 bits per heavy atom. The van der Waals surface area contributed by atoms with Gasteiger partial charge in [0.1, 0.15) is 5.75 Å². The standard InChI is InChI=1S/C14H22N2O/c1-3-10(2)8-13(16-15)12-9-17-14-7-5-4-6-11(12)14/h4-7,10,12-13,16H,3,8-9,15H2,1-2H3. The molecule has 0 fully saturated rings. The van der Waals surface area contributed by atoms with Crippen LogP contribution in [-0.2, 0) is 0 Å². The molecule has 0 saturated carbocycles. The number of para-hydroxylation sites is 1. The van der Waals surface area contributed by atoms with Gasteiger partial charge in [-0.3, -0.25) is 11.3 Å². The summed E-state index contributed by atoms with van der Waals surface area (Å²) in [6.07, 6.45) is 2.28. The van der Waals surface area contributed by atoms with Crippen LogP contribution in [0.3, 0.4) is 0 Å². The van der Waals surface area contributed by atoms with E-state index in [1.165, 1.54) is 12.0 Å². The largest absolute Gasteiger partial charge is 0.493 e. The molecule has 3 atom stereocenters. The molecule has 2 rings (SSSR count). The normalized spacial score (nSPS) is 21.7. The second-order valence-corrected chi connectivity index (χ2v) is 4.98. The Bertz CT molecular complexity index is 367. The molecule has 0 bridgehead atoms. The Kier molecular flexibility index (Phi) is 4.02. The maximum absolute atomic E-state index is 5.71. The van der Waals surface area contributed by atoms with Crippen LogP contribution in [0.4, 0.5) is 0 Å². The lowest BCUT2D eigenvalue weighted by atomic mass is 9.87. The molecule has 0 saturated heterocycles. The third-order valence-corrected chi connectivity index (χ3v) is 3.79. The van der Waals surface area contributed by atoms with Crippen molar-refractivity contribution in [2.45, 2.75) is 38.6 Å². The lowest BCUT2D eigenvalue weighted by molar-refractivity contribution is 0.276. The summed E-state index contributed by atoms with van der Waals surface area (Å²) in [5.74, 6) is 7.79. The molecule has 1 aromatic rings. The zero-order chi connectivity index (χ0) is 12.3. The molecule has 94 valence electrons. The van der Waals surface area contributed by atoms with Crippen molar-refractivity contribution >= 4 is 0 Å². The van der Waals surface area contributed by atoms with Crippen molar-refractivity contribution in [2.75, 3.05) is 6.61 Å². The van der Waals surface area contributed by atoms with E-state index in [1.54, 1.807) is 0 Å². The molecule has 3 nitrogen and oxygen atoms in total. The Morgan fingerprint density at radius 3 is 2.94 bits per heavy atom. The summed E-state index contributed by atoms with van der Waals surface area (Å²) in [4.78, 5) is 0. The topological polar surface area (TPSA) is 47.3 Å². The quantitative estimate of drug-likeness (QED) is 0.607. The molecule has 0 amide bonds. The van der Waals surface area contributed by atoms with Gasteiger partial charge in [0.25, 0.3) is 0 Å². The monoisotopic (exact) mass is 234 g/mol. The highest BCUT2D eigenvalue weighted by Crippen LogP contribution is 2.37. The highest BCUT2D eigenvalue weighted by atomic mass is 16.5. The number of hydrogen-bond acceptors (Lipinski definition) is 3. The van der Waals surface area contributed by atoms with Crippen LogP contribution in [0.2, 0.25) is 0 Å². The smallest absolute Gasteiger partial charge is 0.122 e. The average Bonchev–Trinajstić information content (AvgIpc) is 2.79. The predicted molar refractivity (Wildman–Crippen MR) is 69.9 cm³/mol. The summed E-state index contributed by atoms with van der Waals surface area (Å²) in [6.45, 7) is 5.23. The molecule has 0 aliphatic carbocycles. The van der Waals surface area contributed by atoms with E-state index in [0.717, 1.165) is 18.8 Å². The first-order valence-electron chi connectivity index (χ1n) is 6.44. The maximum Gasteiger partial charge on any atom is 0.122 e. The van der Waals surface area contributed by atoms with Crippen molar-refractivity contribution in [2.24, 2.45) is 11.8 Å². The molecule has 1 aromatic carbocycles. The third kappa shape index (κ3) is 2.61. The van der Waals surface area contributed by atoms with Gasteiger partial charge in [-0.2, -0.15) is 0 Å². The van der Waals surface area contributed by atoms with Crippen LogP contribution >= 0.6 is 0 Å². The van der Waals surface area contributed by atoms with Gasteiger partial charge in [-0.05, 0) is 18.4 Å². The first kappa shape index (κ1) is 12.4. The van der Waals surface area contributed by atoms with Crippen molar-refractivity contribution in [1.29, 1.82) is 0 Å². The molecule has 1 aliphatic rings. The van der Waals surface area contributed by atoms with Crippen molar-refractivity contribution in [1.82, 2.24) is 5.43 Å². The zero-order valence-electron chi connectivity index (χ0n) is 10.6. The number of hydrogen-bond donors (Lipinski definition) is 2. The zero-order valence-corrected chi connectivity index (χ0v) is 10.6. The van der Waals surface area contributed by atoms with Crippen molar-refractivity contribution in [3.63, 3.8) is 0 Å². The van der Waals surface area contributed by atoms with E-state index in [9.17, 15) is 0 Å². The van der Waals surface area contributed by atoms with E-state index in [0.29, 0.717) is 17.9 Å². The van der Waals surface area contributed by atoms with E-state index in [-0.39, 0.29) is 0 Å². The second-order valence-electron chi connectivity index (χ2n) is 4.98. The minimum Gasteiger partial charge on any atom is -0.493 e. The van der Waals surface area contributed by atoms with Crippen LogP contribution < -0.4 is 16.0 Å². The van der Waals surface area contributed by atoms with Gasteiger partial charge in [-0.1, -0.05) is 38.5 Å². The minimum atomic E-state index is 0.300. The summed E-state index contributed by atoms with van der Waals surface area (Å²) < 4.78 is 5.71. The van der Waals surface area contributed by atoms with Crippen LogP contribution in [0.5, 0.6) is 5.75 Å². The molecule has 1 heterocycles. The van der Waals surface area contributed by atoms with E-state index in [2.05, 4.69) is 31.4 Å². The highest BCUT2D eigenvalue weighted by molar-refractivity contribution is 5.40. The molecule has 3 heteroatoms. The maximum atomic E-state index is 5.71. The number of benzene rings is 1. The Morgan fingerprint density at radius 2 is 2.24 bits per heavy atom. The summed E-state index contributed by atoms with van der Waals surface area (Å²) in [5, 5.41) is 0. The van der Waals surface area contributed by atoms with E-state index in [4.69, 9.17) is 10.6 Å². The van der Waals surface area contributed by atoms with Gasteiger partial charge in [0.15, 0.2) is 0 Å². The molecule has 1 aliphatic heterocycles. The summed E-state index contributed by atoms with van der Waals surface area (Å²) in [7, 11) is 0. The van der Waals surface area contributed by atoms with Gasteiger partial charge in [0.05, 0.1) is 6.61 Å². The first-order chi connectivity index (χ1) is 8.26. The van der Waals surface area contributed by atoms with E-state index >= 15 is 0 Å². The van der Waals surface area contributed by atoms with Crippen LogP contribution in [0.25, 0.3) is 0 Å². The van der Waals surface area contributed by atoms with E-state index < -0.39 is 0 Å². The van der Waals surface area contributed by atoms with Crippen molar-refractivity contribution < 1.29 is 4.74 Å². The van der Waals surface area contributed by atoms with Crippen LogP contribution in [0.1, 0.15) is 38.2 Å². The van der Waals surface area contributed by atoms with Gasteiger partial charge >= 0.3 is 0 Å². The second kappa shape index (κ2) is 5.52. The van der Waals surface area contributed by atoms with E-state index in [1.807, 2.05) is 12.1 Å². The number of nitrogens with one attached hydrogen (secondary N) is 1. The lowest BCUT2D eigenvalue weighted by Crippen LogP contribution is -2.41. The molecule has 0 radical (unpaired) electrons. The van der Waals surface area contributed by atoms with Gasteiger partial charge in [0.2, 0.25) is 0 Å². The number of hydrazine groups is 1. The fraction of sp³-hybridized carbons (Fsp3) is 0.571.